The zero-order valence-corrected chi connectivity index (χ0v) is 13.6. The normalized spacial score (nSPS) is 13.5. The van der Waals surface area contributed by atoms with Crippen LogP contribution in [-0.4, -0.2) is 16.3 Å². The van der Waals surface area contributed by atoms with Crippen LogP contribution in [0.4, 0.5) is 0 Å². The molecule has 3 nitrogen and oxygen atoms in total. The topological polar surface area (TPSA) is 49.3 Å². The van der Waals surface area contributed by atoms with Gasteiger partial charge in [0.1, 0.15) is 5.75 Å². The van der Waals surface area contributed by atoms with Gasteiger partial charge in [0, 0.05) is 10.9 Å². The Morgan fingerprint density at radius 3 is 2.48 bits per heavy atom. The van der Waals surface area contributed by atoms with Gasteiger partial charge in [-0.1, -0.05) is 46.3 Å². The van der Waals surface area contributed by atoms with Gasteiger partial charge >= 0.3 is 0 Å². The number of halogens is 1. The molecule has 2 N–H and O–H groups in total. The predicted molar refractivity (Wildman–Crippen MR) is 87.9 cm³/mol. The number of alkyl halides is 1. The maximum Gasteiger partial charge on any atom is 0.252 e. The lowest BCUT2D eigenvalue weighted by molar-refractivity contribution is 0.0913. The van der Waals surface area contributed by atoms with Crippen molar-refractivity contribution in [2.45, 2.75) is 19.4 Å². The van der Waals surface area contributed by atoms with Gasteiger partial charge in [-0.3, -0.25) is 4.79 Å². The summed E-state index contributed by atoms with van der Waals surface area (Å²) in [5, 5.41) is 13.1. The zero-order chi connectivity index (χ0) is 15.5. The molecule has 0 aromatic heterocycles. The Kier molecular flexibility index (Phi) is 4.68. The van der Waals surface area contributed by atoms with E-state index in [4.69, 9.17) is 0 Å². The molecule has 0 bridgehead atoms. The molecule has 0 aliphatic heterocycles. The molecule has 0 spiro atoms. The highest BCUT2D eigenvalue weighted by Gasteiger charge is 2.28. The third-order valence-corrected chi connectivity index (χ3v) is 4.64. The first-order chi connectivity index (χ1) is 9.96. The molecule has 1 unspecified atom stereocenters. The molecule has 110 valence electrons. The number of rotatable bonds is 4. The summed E-state index contributed by atoms with van der Waals surface area (Å²) in [7, 11) is 0. The number of carbonyl (C=O) groups excluding carboxylic acids is 1. The molecule has 0 fully saturated rings. The van der Waals surface area contributed by atoms with Crippen molar-refractivity contribution < 1.29 is 9.90 Å². The average molecular weight is 348 g/mol. The minimum absolute atomic E-state index is 0.154. The maximum atomic E-state index is 12.5. The molecule has 0 saturated heterocycles. The van der Waals surface area contributed by atoms with Crippen LogP contribution in [0, 0.1) is 6.92 Å². The van der Waals surface area contributed by atoms with Crippen LogP contribution in [0.3, 0.4) is 0 Å². The van der Waals surface area contributed by atoms with Crippen LogP contribution >= 0.6 is 15.9 Å². The Labute approximate surface area is 133 Å². The molecule has 0 aliphatic rings. The molecule has 2 aromatic carbocycles. The highest BCUT2D eigenvalue weighted by molar-refractivity contribution is 9.09. The largest absolute Gasteiger partial charge is 0.508 e. The number of phenolic OH excluding ortho intramolecular Hbond substituents is 1. The van der Waals surface area contributed by atoms with Gasteiger partial charge in [-0.05, 0) is 43.2 Å². The minimum Gasteiger partial charge on any atom is -0.508 e. The Morgan fingerprint density at radius 1 is 1.24 bits per heavy atom. The van der Waals surface area contributed by atoms with Crippen molar-refractivity contribution in [3.63, 3.8) is 0 Å². The van der Waals surface area contributed by atoms with Crippen LogP contribution in [0.2, 0.25) is 0 Å². The number of phenols is 1. The second kappa shape index (κ2) is 6.31. The average Bonchev–Trinajstić information content (AvgIpc) is 2.47. The van der Waals surface area contributed by atoms with Gasteiger partial charge in [0.25, 0.3) is 5.91 Å². The van der Waals surface area contributed by atoms with E-state index < -0.39 is 5.54 Å². The van der Waals surface area contributed by atoms with Crippen molar-refractivity contribution >= 4 is 21.8 Å². The summed E-state index contributed by atoms with van der Waals surface area (Å²) < 4.78 is 0. The Morgan fingerprint density at radius 2 is 1.90 bits per heavy atom. The third-order valence-electron chi connectivity index (χ3n) is 3.52. The van der Waals surface area contributed by atoms with Gasteiger partial charge in [-0.2, -0.15) is 0 Å². The van der Waals surface area contributed by atoms with E-state index in [2.05, 4.69) is 21.2 Å². The SMILES string of the molecule is Cc1cc(O)ccc1C(=O)NC(C)(CBr)c1ccccc1. The fourth-order valence-electron chi connectivity index (χ4n) is 2.21. The molecule has 2 rings (SSSR count). The number of hydrogen-bond donors (Lipinski definition) is 2. The summed E-state index contributed by atoms with van der Waals surface area (Å²) in [4.78, 5) is 12.5. The first-order valence-electron chi connectivity index (χ1n) is 6.70. The number of aryl methyl sites for hydroxylation is 1. The smallest absolute Gasteiger partial charge is 0.252 e. The fraction of sp³-hybridized carbons (Fsp3) is 0.235. The van der Waals surface area contributed by atoms with Gasteiger partial charge in [0.2, 0.25) is 0 Å². The van der Waals surface area contributed by atoms with Crippen molar-refractivity contribution in [1.82, 2.24) is 5.32 Å². The molecule has 1 atom stereocenters. The third kappa shape index (κ3) is 3.45. The maximum absolute atomic E-state index is 12.5. The van der Waals surface area contributed by atoms with E-state index in [1.807, 2.05) is 44.2 Å². The second-order valence-corrected chi connectivity index (χ2v) is 5.85. The summed E-state index contributed by atoms with van der Waals surface area (Å²) in [5.41, 5.74) is 1.85. The van der Waals surface area contributed by atoms with Crippen LogP contribution in [0.25, 0.3) is 0 Å². The van der Waals surface area contributed by atoms with Gasteiger partial charge in [-0.15, -0.1) is 0 Å². The molecule has 0 saturated carbocycles. The molecular formula is C17H18BrNO2. The van der Waals surface area contributed by atoms with Gasteiger partial charge in [0.15, 0.2) is 0 Å². The van der Waals surface area contributed by atoms with E-state index in [0.29, 0.717) is 10.9 Å². The van der Waals surface area contributed by atoms with E-state index in [0.717, 1.165) is 11.1 Å². The molecule has 0 heterocycles. The summed E-state index contributed by atoms with van der Waals surface area (Å²) in [5.74, 6) is 0.00802. The van der Waals surface area contributed by atoms with E-state index in [1.54, 1.807) is 12.1 Å². The van der Waals surface area contributed by atoms with Gasteiger partial charge in [0.05, 0.1) is 5.54 Å². The molecule has 0 aliphatic carbocycles. The summed E-state index contributed by atoms with van der Waals surface area (Å²) in [6.07, 6.45) is 0. The molecular weight excluding hydrogens is 330 g/mol. The molecule has 1 amide bonds. The van der Waals surface area contributed by atoms with Crippen LogP contribution in [0.5, 0.6) is 5.75 Å². The number of aromatic hydroxyl groups is 1. The number of benzene rings is 2. The minimum atomic E-state index is -0.497. The highest BCUT2D eigenvalue weighted by atomic mass is 79.9. The van der Waals surface area contributed by atoms with Crippen molar-refractivity contribution in [2.24, 2.45) is 0 Å². The van der Waals surface area contributed by atoms with Gasteiger partial charge < -0.3 is 10.4 Å². The summed E-state index contributed by atoms with van der Waals surface area (Å²) in [6.45, 7) is 3.79. The molecule has 21 heavy (non-hydrogen) atoms. The Hall–Kier alpha value is -1.81. The van der Waals surface area contributed by atoms with E-state index in [-0.39, 0.29) is 11.7 Å². The number of hydrogen-bond acceptors (Lipinski definition) is 2. The first-order valence-corrected chi connectivity index (χ1v) is 7.82. The van der Waals surface area contributed by atoms with Crippen molar-refractivity contribution in [1.29, 1.82) is 0 Å². The first kappa shape index (κ1) is 15.6. The van der Waals surface area contributed by atoms with E-state index >= 15 is 0 Å². The van der Waals surface area contributed by atoms with Crippen LogP contribution in [0.15, 0.2) is 48.5 Å². The lowest BCUT2D eigenvalue weighted by Gasteiger charge is -2.29. The predicted octanol–water partition coefficient (Wildman–Crippen LogP) is 3.74. The standard InChI is InChI=1S/C17H18BrNO2/c1-12-10-14(20)8-9-15(12)16(21)19-17(2,11-18)13-6-4-3-5-7-13/h3-10,20H,11H2,1-2H3,(H,19,21). The quantitative estimate of drug-likeness (QED) is 0.827. The lowest BCUT2D eigenvalue weighted by atomic mass is 9.93. The highest BCUT2D eigenvalue weighted by Crippen LogP contribution is 2.24. The second-order valence-electron chi connectivity index (χ2n) is 5.29. The number of carbonyl (C=O) groups is 1. The van der Waals surface area contributed by atoms with Crippen molar-refractivity contribution in [3.05, 3.63) is 65.2 Å². The number of amides is 1. The van der Waals surface area contributed by atoms with Crippen molar-refractivity contribution in [3.8, 4) is 5.75 Å². The zero-order valence-electron chi connectivity index (χ0n) is 12.1. The van der Waals surface area contributed by atoms with Crippen LogP contribution in [0.1, 0.15) is 28.4 Å². The van der Waals surface area contributed by atoms with Crippen LogP contribution in [-0.2, 0) is 5.54 Å². The lowest BCUT2D eigenvalue weighted by Crippen LogP contribution is -2.45. The Balaban J connectivity index is 2.28. The molecule has 4 heteroatoms. The summed E-state index contributed by atoms with van der Waals surface area (Å²) in [6, 6.07) is 14.6. The van der Waals surface area contributed by atoms with Crippen molar-refractivity contribution in [2.75, 3.05) is 5.33 Å². The van der Waals surface area contributed by atoms with Crippen LogP contribution < -0.4 is 5.32 Å². The number of nitrogens with one attached hydrogen (secondary N) is 1. The fourth-order valence-corrected chi connectivity index (χ4v) is 2.67. The monoisotopic (exact) mass is 347 g/mol. The summed E-state index contributed by atoms with van der Waals surface area (Å²) >= 11 is 3.49. The molecule has 0 radical (unpaired) electrons. The van der Waals surface area contributed by atoms with E-state index in [1.165, 1.54) is 6.07 Å². The van der Waals surface area contributed by atoms with E-state index in [9.17, 15) is 9.90 Å². The van der Waals surface area contributed by atoms with Gasteiger partial charge in [-0.25, -0.2) is 0 Å². The Bertz CT molecular complexity index is 642. The molecule has 2 aromatic rings.